The van der Waals surface area contributed by atoms with Crippen molar-refractivity contribution >= 4 is 32.2 Å². The zero-order valence-electron chi connectivity index (χ0n) is 14.0. The predicted molar refractivity (Wildman–Crippen MR) is 102 cm³/mol. The largest absolute Gasteiger partial charge is 0.298 e. The highest BCUT2D eigenvalue weighted by Crippen LogP contribution is 2.38. The fourth-order valence-electron chi connectivity index (χ4n) is 3.14. The van der Waals surface area contributed by atoms with Crippen molar-refractivity contribution in [3.63, 3.8) is 0 Å². The molecule has 0 aliphatic heterocycles. The molecule has 1 aromatic heterocycles. The Balaban J connectivity index is 1.67. The Labute approximate surface area is 155 Å². The average molecular weight is 384 g/mol. The van der Waals surface area contributed by atoms with Crippen LogP contribution < -0.4 is 5.32 Å². The van der Waals surface area contributed by atoms with Crippen molar-refractivity contribution in [1.82, 2.24) is 4.98 Å². The van der Waals surface area contributed by atoms with Gasteiger partial charge in [0.15, 0.2) is 15.0 Å². The highest BCUT2D eigenvalue weighted by atomic mass is 32.2. The van der Waals surface area contributed by atoms with Gasteiger partial charge in [-0.2, -0.15) is 0 Å². The van der Waals surface area contributed by atoms with Gasteiger partial charge in [-0.1, -0.05) is 36.4 Å². The van der Waals surface area contributed by atoms with Crippen LogP contribution in [-0.4, -0.2) is 25.6 Å². The van der Waals surface area contributed by atoms with Crippen LogP contribution in [0.1, 0.15) is 20.8 Å². The number of hydrogen-bond donors (Lipinski definition) is 1. The summed E-state index contributed by atoms with van der Waals surface area (Å²) < 4.78 is 23.8. The van der Waals surface area contributed by atoms with E-state index in [0.717, 1.165) is 35.2 Å². The molecule has 4 rings (SSSR count). The Bertz CT molecular complexity index is 1120. The van der Waals surface area contributed by atoms with Crippen molar-refractivity contribution in [2.45, 2.75) is 17.7 Å². The maximum atomic E-state index is 12.6. The number of hydrogen-bond acceptors (Lipinski definition) is 5. The summed E-state index contributed by atoms with van der Waals surface area (Å²) in [6.45, 7) is 0. The summed E-state index contributed by atoms with van der Waals surface area (Å²) in [5.74, 6) is -0.467. The lowest BCUT2D eigenvalue weighted by molar-refractivity contribution is 0.102. The summed E-state index contributed by atoms with van der Waals surface area (Å²) in [5, 5.41) is 3.25. The third kappa shape index (κ3) is 3.04. The van der Waals surface area contributed by atoms with Gasteiger partial charge in [-0.15, -0.1) is 11.3 Å². The number of aromatic nitrogens is 1. The topological polar surface area (TPSA) is 76.1 Å². The second-order valence-electron chi connectivity index (χ2n) is 6.17. The first kappa shape index (κ1) is 16.9. The van der Waals surface area contributed by atoms with Gasteiger partial charge in [-0.25, -0.2) is 13.4 Å². The van der Waals surface area contributed by atoms with E-state index in [4.69, 9.17) is 0 Å². The molecular weight excluding hydrogens is 368 g/mol. The number of fused-ring (bicyclic) bond motifs is 3. The van der Waals surface area contributed by atoms with E-state index >= 15 is 0 Å². The Morgan fingerprint density at radius 3 is 2.62 bits per heavy atom. The highest BCUT2D eigenvalue weighted by molar-refractivity contribution is 7.90. The molecule has 26 heavy (non-hydrogen) atoms. The third-order valence-corrected chi connectivity index (χ3v) is 6.53. The van der Waals surface area contributed by atoms with Gasteiger partial charge in [-0.05, 0) is 30.5 Å². The molecule has 1 heterocycles. The first-order chi connectivity index (χ1) is 12.4. The Kier molecular flexibility index (Phi) is 4.13. The first-order valence-electron chi connectivity index (χ1n) is 8.12. The van der Waals surface area contributed by atoms with Crippen molar-refractivity contribution in [3.8, 4) is 11.3 Å². The number of sulfone groups is 1. The molecule has 0 saturated heterocycles. The average Bonchev–Trinajstić information content (AvgIpc) is 3.04. The van der Waals surface area contributed by atoms with Crippen molar-refractivity contribution in [2.75, 3.05) is 11.6 Å². The molecular formula is C19H16N2O3S2. The number of nitrogens with one attached hydrogen (secondary N) is 1. The van der Waals surface area contributed by atoms with Crippen LogP contribution >= 0.6 is 11.3 Å². The summed E-state index contributed by atoms with van der Waals surface area (Å²) in [5.41, 5.74) is 3.39. The fourth-order valence-corrected chi connectivity index (χ4v) is 5.00. The van der Waals surface area contributed by atoms with Gasteiger partial charge in [-0.3, -0.25) is 10.1 Å². The molecule has 7 heteroatoms. The Morgan fingerprint density at radius 1 is 1.08 bits per heavy atom. The number of thiazole rings is 1. The van der Waals surface area contributed by atoms with Gasteiger partial charge in [0.25, 0.3) is 5.91 Å². The molecule has 132 valence electrons. The van der Waals surface area contributed by atoms with E-state index in [1.165, 1.54) is 29.0 Å². The second-order valence-corrected chi connectivity index (χ2v) is 9.24. The number of aryl methyl sites for hydroxylation is 2. The molecule has 2 aromatic carbocycles. The SMILES string of the molecule is CS(=O)(=O)c1ccccc1C(=O)Nc1nc2c(s1)CCc1ccccc1-2. The minimum absolute atomic E-state index is 0.0177. The molecule has 5 nitrogen and oxygen atoms in total. The molecule has 3 aromatic rings. The molecule has 1 aliphatic carbocycles. The summed E-state index contributed by atoms with van der Waals surface area (Å²) >= 11 is 1.44. The summed E-state index contributed by atoms with van der Waals surface area (Å²) in [6, 6.07) is 14.3. The normalized spacial score (nSPS) is 13.0. The van der Waals surface area contributed by atoms with Gasteiger partial charge < -0.3 is 0 Å². The van der Waals surface area contributed by atoms with Crippen LogP contribution in [0, 0.1) is 0 Å². The van der Waals surface area contributed by atoms with Crippen LogP contribution in [0.5, 0.6) is 0 Å². The number of carbonyl (C=O) groups excluding carboxylic acids is 1. The van der Waals surface area contributed by atoms with Crippen LogP contribution in [0.15, 0.2) is 53.4 Å². The van der Waals surface area contributed by atoms with E-state index in [1.807, 2.05) is 18.2 Å². The monoisotopic (exact) mass is 384 g/mol. The lowest BCUT2D eigenvalue weighted by atomic mass is 9.94. The smallest absolute Gasteiger partial charge is 0.258 e. The maximum absolute atomic E-state index is 12.6. The molecule has 1 aliphatic rings. The third-order valence-electron chi connectivity index (χ3n) is 4.34. The van der Waals surface area contributed by atoms with E-state index in [9.17, 15) is 13.2 Å². The van der Waals surface area contributed by atoms with Crippen LogP contribution in [0.2, 0.25) is 0 Å². The van der Waals surface area contributed by atoms with Crippen LogP contribution in [0.4, 0.5) is 5.13 Å². The number of rotatable bonds is 3. The summed E-state index contributed by atoms with van der Waals surface area (Å²) in [4.78, 5) is 18.4. The molecule has 0 unspecified atom stereocenters. The summed E-state index contributed by atoms with van der Waals surface area (Å²) in [6.07, 6.45) is 2.94. The van der Waals surface area contributed by atoms with Gasteiger partial charge in [0.1, 0.15) is 0 Å². The van der Waals surface area contributed by atoms with Crippen molar-refractivity contribution < 1.29 is 13.2 Å². The van der Waals surface area contributed by atoms with Crippen molar-refractivity contribution in [2.24, 2.45) is 0 Å². The number of nitrogens with zero attached hydrogens (tertiary/aromatic N) is 1. The van der Waals surface area contributed by atoms with Crippen LogP contribution in [0.25, 0.3) is 11.3 Å². The molecule has 1 amide bonds. The van der Waals surface area contributed by atoms with Gasteiger partial charge in [0.05, 0.1) is 16.2 Å². The number of anilines is 1. The Hall–Kier alpha value is -2.51. The van der Waals surface area contributed by atoms with Crippen molar-refractivity contribution in [3.05, 3.63) is 64.5 Å². The first-order valence-corrected chi connectivity index (χ1v) is 10.8. The standard InChI is InChI=1S/C19H16N2O3S2/c1-26(23,24)16-9-5-4-8-14(16)18(22)21-19-20-17-13-7-3-2-6-12(13)10-11-15(17)25-19/h2-9H,10-11H2,1H3,(H,20,21,22). The number of amides is 1. The highest BCUT2D eigenvalue weighted by Gasteiger charge is 2.23. The number of benzene rings is 2. The lowest BCUT2D eigenvalue weighted by Gasteiger charge is -2.13. The molecule has 0 saturated carbocycles. The molecule has 0 spiro atoms. The quantitative estimate of drug-likeness (QED) is 0.749. The number of carbonyl (C=O) groups is 1. The van der Waals surface area contributed by atoms with Gasteiger partial charge >= 0.3 is 0 Å². The molecule has 0 atom stereocenters. The van der Waals surface area contributed by atoms with E-state index < -0.39 is 15.7 Å². The van der Waals surface area contributed by atoms with E-state index in [2.05, 4.69) is 16.4 Å². The fraction of sp³-hybridized carbons (Fsp3) is 0.158. The van der Waals surface area contributed by atoms with E-state index in [1.54, 1.807) is 12.1 Å². The molecule has 0 fully saturated rings. The second kappa shape index (κ2) is 6.34. The van der Waals surface area contributed by atoms with Crippen LogP contribution in [-0.2, 0) is 22.7 Å². The maximum Gasteiger partial charge on any atom is 0.258 e. The Morgan fingerprint density at radius 2 is 1.81 bits per heavy atom. The minimum Gasteiger partial charge on any atom is -0.298 e. The minimum atomic E-state index is -3.49. The van der Waals surface area contributed by atoms with Crippen molar-refractivity contribution in [1.29, 1.82) is 0 Å². The van der Waals surface area contributed by atoms with E-state index in [-0.39, 0.29) is 10.5 Å². The molecule has 0 radical (unpaired) electrons. The van der Waals surface area contributed by atoms with Gasteiger partial charge in [0.2, 0.25) is 0 Å². The van der Waals surface area contributed by atoms with Gasteiger partial charge in [0, 0.05) is 16.7 Å². The zero-order valence-corrected chi connectivity index (χ0v) is 15.7. The van der Waals surface area contributed by atoms with E-state index in [0.29, 0.717) is 5.13 Å². The predicted octanol–water partition coefficient (Wildman–Crippen LogP) is 3.56. The van der Waals surface area contributed by atoms with Crippen LogP contribution in [0.3, 0.4) is 0 Å². The molecule has 0 bridgehead atoms. The lowest BCUT2D eigenvalue weighted by Crippen LogP contribution is -2.15. The zero-order chi connectivity index (χ0) is 18.3. The molecule has 1 N–H and O–H groups in total. The summed E-state index contributed by atoms with van der Waals surface area (Å²) in [7, 11) is -3.49.